The first-order chi connectivity index (χ1) is 46.6. The molecule has 0 aliphatic heterocycles. The molecule has 0 saturated carbocycles. The monoisotopic (exact) mass is 1310 g/mol. The molecule has 0 bridgehead atoms. The second-order valence-corrected chi connectivity index (χ2v) is 25.5. The van der Waals surface area contributed by atoms with Crippen LogP contribution in [-0.4, -0.2) is 82.3 Å². The van der Waals surface area contributed by atoms with Crippen molar-refractivity contribution in [3.05, 3.63) is 194 Å². The van der Waals surface area contributed by atoms with Gasteiger partial charge in [0.25, 0.3) is 0 Å². The summed E-state index contributed by atoms with van der Waals surface area (Å²) in [5.41, 5.74) is 0. The minimum Gasteiger partial charge on any atom is -0.545 e. The van der Waals surface area contributed by atoms with E-state index in [-0.39, 0.29) is 38.6 Å². The van der Waals surface area contributed by atoms with Crippen LogP contribution >= 0.6 is 0 Å². The Morgan fingerprint density at radius 2 is 0.568 bits per heavy atom. The van der Waals surface area contributed by atoms with Gasteiger partial charge in [0.2, 0.25) is 0 Å². The summed E-state index contributed by atoms with van der Waals surface area (Å²) in [6.45, 7) is 4.50. The number of carboxylic acid groups (broad SMARTS) is 1. The number of carbonyl (C=O) groups excluding carboxylic acids is 3. The predicted molar refractivity (Wildman–Crippen MR) is 407 cm³/mol. The fourth-order valence-electron chi connectivity index (χ4n) is 9.69. The molecule has 0 aromatic heterocycles. The van der Waals surface area contributed by atoms with Crippen molar-refractivity contribution in [3.8, 4) is 0 Å². The van der Waals surface area contributed by atoms with E-state index in [9.17, 15) is 19.5 Å². The lowest BCUT2D eigenvalue weighted by Crippen LogP contribution is -2.44. The molecule has 2 unspecified atom stereocenters. The Bertz CT molecular complexity index is 2270. The minimum absolute atomic E-state index is 0.136. The number of esters is 2. The largest absolute Gasteiger partial charge is 0.545 e. The van der Waals surface area contributed by atoms with E-state index in [0.717, 1.165) is 154 Å². The zero-order valence-electron chi connectivity index (χ0n) is 61.0. The average molecular weight is 1310 g/mol. The Balaban J connectivity index is 4.18. The van der Waals surface area contributed by atoms with E-state index < -0.39 is 24.3 Å². The molecule has 9 heteroatoms. The van der Waals surface area contributed by atoms with Gasteiger partial charge in [-0.3, -0.25) is 9.59 Å². The minimum atomic E-state index is -1.64. The van der Waals surface area contributed by atoms with E-state index in [1.807, 2.05) is 21.1 Å². The number of likely N-dealkylation sites (N-methyl/N-ethyl adjacent to an activating group) is 1. The van der Waals surface area contributed by atoms with Gasteiger partial charge in [0.05, 0.1) is 40.3 Å². The number of carboxylic acids is 1. The van der Waals surface area contributed by atoms with Crippen LogP contribution < -0.4 is 5.11 Å². The van der Waals surface area contributed by atoms with Gasteiger partial charge in [-0.25, -0.2) is 0 Å². The van der Waals surface area contributed by atoms with Crippen LogP contribution in [0.2, 0.25) is 0 Å². The number of quaternary nitrogens is 1. The number of carbonyl (C=O) groups is 3. The van der Waals surface area contributed by atoms with Gasteiger partial charge in [-0.2, -0.15) is 0 Å². The molecule has 0 fully saturated rings. The molecule has 0 aliphatic rings. The third kappa shape index (κ3) is 75.4. The highest BCUT2D eigenvalue weighted by molar-refractivity contribution is 5.70. The molecule has 0 N–H and O–H groups in total. The Morgan fingerprint density at radius 3 is 0.842 bits per heavy atom. The summed E-state index contributed by atoms with van der Waals surface area (Å²) in [6.07, 6.45) is 111. The Hall–Kier alpha value is -5.87. The van der Waals surface area contributed by atoms with Gasteiger partial charge in [0.1, 0.15) is 13.2 Å². The maximum Gasteiger partial charge on any atom is 0.306 e. The highest BCUT2D eigenvalue weighted by Gasteiger charge is 2.22. The van der Waals surface area contributed by atoms with Crippen molar-refractivity contribution in [1.82, 2.24) is 0 Å². The Kier molecular flexibility index (Phi) is 69.4. The van der Waals surface area contributed by atoms with Crippen molar-refractivity contribution in [3.63, 3.8) is 0 Å². The normalized spacial score (nSPS) is 13.8. The number of hydrogen-bond acceptors (Lipinski definition) is 8. The number of aliphatic carboxylic acids is 1. The molecule has 0 saturated heterocycles. The lowest BCUT2D eigenvalue weighted by molar-refractivity contribution is -0.870. The topological polar surface area (TPSA) is 111 Å². The van der Waals surface area contributed by atoms with Gasteiger partial charge in [0.15, 0.2) is 12.4 Å². The fraction of sp³-hybridized carbons (Fsp3) is 0.593. The van der Waals surface area contributed by atoms with Gasteiger partial charge in [-0.15, -0.1) is 0 Å². The fourth-order valence-corrected chi connectivity index (χ4v) is 9.69. The molecule has 534 valence electrons. The molecule has 9 nitrogen and oxygen atoms in total. The number of hydrogen-bond donors (Lipinski definition) is 0. The van der Waals surface area contributed by atoms with Crippen molar-refractivity contribution >= 4 is 17.9 Å². The highest BCUT2D eigenvalue weighted by atomic mass is 16.7. The zero-order valence-corrected chi connectivity index (χ0v) is 61.0. The summed E-state index contributed by atoms with van der Waals surface area (Å²) in [7, 11) is 5.92. The van der Waals surface area contributed by atoms with Crippen molar-refractivity contribution < 1.29 is 42.9 Å². The first-order valence-corrected chi connectivity index (χ1v) is 37.6. The zero-order chi connectivity index (χ0) is 69.0. The molecule has 2 atom stereocenters. The number of rotatable bonds is 67. The van der Waals surface area contributed by atoms with Gasteiger partial charge in [0, 0.05) is 12.8 Å². The van der Waals surface area contributed by atoms with Crippen LogP contribution in [0.4, 0.5) is 0 Å². The second-order valence-electron chi connectivity index (χ2n) is 25.5. The number of ether oxygens (including phenoxy) is 4. The van der Waals surface area contributed by atoms with Crippen molar-refractivity contribution in [2.45, 2.75) is 283 Å². The second kappa shape index (κ2) is 73.9. The molecule has 0 amide bonds. The predicted octanol–water partition coefficient (Wildman–Crippen LogP) is 22.8. The molecule has 0 aromatic rings. The molecular formula is C86H137NO8. The highest BCUT2D eigenvalue weighted by Crippen LogP contribution is 2.16. The first kappa shape index (κ1) is 89.1. The Labute approximate surface area is 582 Å². The van der Waals surface area contributed by atoms with E-state index in [1.54, 1.807) is 0 Å². The molecule has 0 radical (unpaired) electrons. The quantitative estimate of drug-likeness (QED) is 0.0195. The van der Waals surface area contributed by atoms with E-state index in [1.165, 1.54) is 83.5 Å². The average Bonchev–Trinajstić information content (AvgIpc) is 2.92. The molecule has 0 spiro atoms. The standard InChI is InChI=1S/C86H137NO8/c1-6-8-10-12-14-16-18-20-22-24-26-28-30-32-34-36-38-39-40-41-42-43-44-45-47-49-51-53-55-57-59-61-63-65-67-69-71-73-75-77-84(89)95-82(81-94-86(85(90)91)92-79-78-87(3,4)5)80-93-83(88)76-74-72-70-68-66-64-62-60-58-56-54-52-50-48-46-37-35-33-31-29-27-25-23-21-19-17-15-13-11-9-7-2/h8-11,14-17,20-23,26-29,32-35,38-39,41-42,44-46,48-49,51,55,57,82,86H,6-7,12-13,18-19,24-25,30-31,36-37,40,43,47,50,52-54,56,58-81H2,1-5H3/b10-8-,11-9-,16-14-,17-15-,22-20-,23-21-,28-26-,29-27-,34-32-,35-33-,39-38-,42-41-,45-44-,48-46-,51-49-,57-55-. The van der Waals surface area contributed by atoms with E-state index in [2.05, 4.69) is 208 Å². The molecule has 0 rings (SSSR count). The Morgan fingerprint density at radius 1 is 0.316 bits per heavy atom. The van der Waals surface area contributed by atoms with Gasteiger partial charge >= 0.3 is 11.9 Å². The van der Waals surface area contributed by atoms with Crippen LogP contribution in [0.5, 0.6) is 0 Å². The van der Waals surface area contributed by atoms with Gasteiger partial charge in [-0.1, -0.05) is 311 Å². The molecule has 0 aliphatic carbocycles. The summed E-state index contributed by atoms with van der Waals surface area (Å²) in [6, 6.07) is 0. The number of nitrogens with zero attached hydrogens (tertiary/aromatic N) is 1. The van der Waals surface area contributed by atoms with Crippen LogP contribution in [0.3, 0.4) is 0 Å². The SMILES string of the molecule is CC/C=C\C/C=C\C/C=C\C/C=C\C/C=C\C/C=C\C/C=C\C/C=C\C/C=C\C/C=C\CCCCCCCCCCC(=O)OC(COC(=O)CCCCCCCCCCCCCC/C=C\C/C=C\C/C=C\C/C=C\C/C=C\C/C=C\CC)COC(OCC[N+](C)(C)C)C(=O)[O-]. The molecule has 95 heavy (non-hydrogen) atoms. The van der Waals surface area contributed by atoms with Crippen molar-refractivity contribution in [1.29, 1.82) is 0 Å². The third-order valence-electron chi connectivity index (χ3n) is 15.3. The van der Waals surface area contributed by atoms with Crippen LogP contribution in [0.1, 0.15) is 271 Å². The van der Waals surface area contributed by atoms with E-state index >= 15 is 0 Å². The van der Waals surface area contributed by atoms with Crippen LogP contribution in [0.15, 0.2) is 194 Å². The van der Waals surface area contributed by atoms with Crippen molar-refractivity contribution in [2.24, 2.45) is 0 Å². The van der Waals surface area contributed by atoms with Gasteiger partial charge in [-0.05, 0) is 141 Å². The smallest absolute Gasteiger partial charge is 0.306 e. The summed E-state index contributed by atoms with van der Waals surface area (Å²) < 4.78 is 22.8. The summed E-state index contributed by atoms with van der Waals surface area (Å²) in [5, 5.41) is 11.9. The maximum atomic E-state index is 13.0. The molecule has 0 aromatic carbocycles. The van der Waals surface area contributed by atoms with Crippen LogP contribution in [-0.2, 0) is 33.3 Å². The van der Waals surface area contributed by atoms with Crippen molar-refractivity contribution in [2.75, 3.05) is 47.5 Å². The first-order valence-electron chi connectivity index (χ1n) is 37.6. The summed E-state index contributed by atoms with van der Waals surface area (Å²) >= 11 is 0. The molecular weight excluding hydrogens is 1170 g/mol. The lowest BCUT2D eigenvalue weighted by atomic mass is 10.0. The molecule has 0 heterocycles. The summed E-state index contributed by atoms with van der Waals surface area (Å²) in [5.74, 6) is -2.31. The van der Waals surface area contributed by atoms with E-state index in [4.69, 9.17) is 18.9 Å². The van der Waals surface area contributed by atoms with E-state index in [0.29, 0.717) is 17.4 Å². The number of allylic oxidation sites excluding steroid dienone is 32. The van der Waals surface area contributed by atoms with Crippen LogP contribution in [0.25, 0.3) is 0 Å². The third-order valence-corrected chi connectivity index (χ3v) is 15.3. The lowest BCUT2D eigenvalue weighted by Gasteiger charge is -2.26. The summed E-state index contributed by atoms with van der Waals surface area (Å²) in [4.78, 5) is 37.6. The van der Waals surface area contributed by atoms with Gasteiger partial charge < -0.3 is 33.3 Å². The maximum absolute atomic E-state index is 13.0. The van der Waals surface area contributed by atoms with Crippen LogP contribution in [0, 0.1) is 0 Å². The number of unbranched alkanes of at least 4 members (excludes halogenated alkanes) is 20.